The van der Waals surface area contributed by atoms with Gasteiger partial charge < -0.3 is 9.73 Å². The average molecular weight is 337 g/mol. The molecule has 1 amide bonds. The summed E-state index contributed by atoms with van der Waals surface area (Å²) in [6, 6.07) is 13.5. The van der Waals surface area contributed by atoms with E-state index in [0.29, 0.717) is 23.7 Å². The lowest BCUT2D eigenvalue weighted by Crippen LogP contribution is -2.16. The number of amides is 1. The van der Waals surface area contributed by atoms with Crippen LogP contribution in [0.25, 0.3) is 11.0 Å². The van der Waals surface area contributed by atoms with Crippen LogP contribution in [0.1, 0.15) is 21.0 Å². The van der Waals surface area contributed by atoms with Crippen LogP contribution in [0.15, 0.2) is 58.5 Å². The van der Waals surface area contributed by atoms with E-state index in [4.69, 9.17) is 4.42 Å². The molecule has 1 N–H and O–H groups in total. The second-order valence-electron chi connectivity index (χ2n) is 5.46. The minimum atomic E-state index is -0.267. The third kappa shape index (κ3) is 2.61. The number of nitrogens with one attached hydrogen (secondary N) is 1. The molecule has 0 spiro atoms. The number of benzene rings is 1. The molecule has 0 radical (unpaired) electrons. The molecule has 3 aromatic heterocycles. The van der Waals surface area contributed by atoms with Crippen LogP contribution in [0.5, 0.6) is 0 Å². The molecular formula is C18H15N3O2S. The number of thiophene rings is 1. The predicted molar refractivity (Wildman–Crippen MR) is 94.6 cm³/mol. The van der Waals surface area contributed by atoms with Gasteiger partial charge in [0.25, 0.3) is 5.91 Å². The van der Waals surface area contributed by atoms with Gasteiger partial charge in [0.05, 0.1) is 12.7 Å². The fraction of sp³-hybridized carbons (Fsp3) is 0.111. The number of rotatable bonds is 4. The molecule has 4 aromatic rings. The summed E-state index contributed by atoms with van der Waals surface area (Å²) >= 11 is 1.66. The summed E-state index contributed by atoms with van der Waals surface area (Å²) in [4.78, 5) is 13.8. The van der Waals surface area contributed by atoms with Crippen molar-refractivity contribution in [1.29, 1.82) is 0 Å². The van der Waals surface area contributed by atoms with Gasteiger partial charge in [-0.25, -0.2) is 4.68 Å². The van der Waals surface area contributed by atoms with Crippen molar-refractivity contribution in [1.82, 2.24) is 9.78 Å². The standard InChI is InChI=1S/C18H15N3O2S/c1-12-14-6-2-3-7-15(14)23-17(12)18(22)20-16-8-9-19-21(16)11-13-5-4-10-24-13/h2-10H,11H2,1H3,(H,20,22). The summed E-state index contributed by atoms with van der Waals surface area (Å²) in [6.45, 7) is 2.52. The number of carbonyl (C=O) groups excluding carboxylic acids is 1. The minimum Gasteiger partial charge on any atom is -0.451 e. The maximum Gasteiger partial charge on any atom is 0.292 e. The Hall–Kier alpha value is -2.86. The Bertz CT molecular complexity index is 999. The molecule has 1 aromatic carbocycles. The SMILES string of the molecule is Cc1c(C(=O)Nc2ccnn2Cc2cccs2)oc2ccccc12. The summed E-state index contributed by atoms with van der Waals surface area (Å²) < 4.78 is 7.48. The molecule has 120 valence electrons. The molecule has 0 unspecified atom stereocenters. The summed E-state index contributed by atoms with van der Waals surface area (Å²) in [6.07, 6.45) is 1.68. The number of carbonyl (C=O) groups is 1. The summed E-state index contributed by atoms with van der Waals surface area (Å²) in [5.41, 5.74) is 1.56. The number of aromatic nitrogens is 2. The van der Waals surface area contributed by atoms with Crippen LogP contribution >= 0.6 is 11.3 Å². The second-order valence-corrected chi connectivity index (χ2v) is 6.49. The number of anilines is 1. The van der Waals surface area contributed by atoms with E-state index < -0.39 is 0 Å². The molecule has 0 saturated heterocycles. The lowest BCUT2D eigenvalue weighted by molar-refractivity contribution is 0.0997. The van der Waals surface area contributed by atoms with Crippen LogP contribution in [0.4, 0.5) is 5.82 Å². The van der Waals surface area contributed by atoms with Gasteiger partial charge in [0.1, 0.15) is 11.4 Å². The zero-order chi connectivity index (χ0) is 16.5. The van der Waals surface area contributed by atoms with E-state index in [-0.39, 0.29) is 5.91 Å². The first kappa shape index (κ1) is 14.7. The highest BCUT2D eigenvalue weighted by Crippen LogP contribution is 2.25. The van der Waals surface area contributed by atoms with E-state index in [1.54, 1.807) is 28.3 Å². The first-order valence-electron chi connectivity index (χ1n) is 7.56. The van der Waals surface area contributed by atoms with Crippen molar-refractivity contribution >= 4 is 34.0 Å². The second kappa shape index (κ2) is 5.98. The number of fused-ring (bicyclic) bond motifs is 1. The molecule has 0 aliphatic carbocycles. The van der Waals surface area contributed by atoms with Crippen LogP contribution < -0.4 is 5.32 Å². The maximum absolute atomic E-state index is 12.6. The van der Waals surface area contributed by atoms with Gasteiger partial charge in [-0.15, -0.1) is 11.3 Å². The van der Waals surface area contributed by atoms with Gasteiger partial charge in [-0.3, -0.25) is 4.79 Å². The predicted octanol–water partition coefficient (Wildman–Crippen LogP) is 4.30. The first-order valence-corrected chi connectivity index (χ1v) is 8.44. The van der Waals surface area contributed by atoms with Gasteiger partial charge in [-0.1, -0.05) is 24.3 Å². The van der Waals surface area contributed by atoms with E-state index in [2.05, 4.69) is 10.4 Å². The van der Waals surface area contributed by atoms with Crippen molar-refractivity contribution in [3.05, 3.63) is 70.2 Å². The van der Waals surface area contributed by atoms with E-state index in [1.165, 1.54) is 4.88 Å². The van der Waals surface area contributed by atoms with Crippen LogP contribution in [-0.2, 0) is 6.54 Å². The Labute approximate surface area is 142 Å². The highest BCUT2D eigenvalue weighted by molar-refractivity contribution is 7.09. The van der Waals surface area contributed by atoms with Crippen molar-refractivity contribution in [3.8, 4) is 0 Å². The molecule has 0 atom stereocenters. The first-order chi connectivity index (χ1) is 11.7. The van der Waals surface area contributed by atoms with Gasteiger partial charge in [0, 0.05) is 21.9 Å². The normalized spacial score (nSPS) is 11.0. The summed E-state index contributed by atoms with van der Waals surface area (Å²) in [5, 5.41) is 10.2. The largest absolute Gasteiger partial charge is 0.451 e. The van der Waals surface area contributed by atoms with E-state index >= 15 is 0 Å². The molecule has 0 aliphatic heterocycles. The lowest BCUT2D eigenvalue weighted by Gasteiger charge is -2.07. The van der Waals surface area contributed by atoms with E-state index in [9.17, 15) is 4.79 Å². The van der Waals surface area contributed by atoms with Gasteiger partial charge in [-0.05, 0) is 24.4 Å². The quantitative estimate of drug-likeness (QED) is 0.604. The van der Waals surface area contributed by atoms with Gasteiger partial charge in [-0.2, -0.15) is 5.10 Å². The van der Waals surface area contributed by atoms with Crippen LogP contribution in [0, 0.1) is 6.92 Å². The number of hydrogen-bond acceptors (Lipinski definition) is 4. The fourth-order valence-corrected chi connectivity index (χ4v) is 3.36. The monoisotopic (exact) mass is 337 g/mol. The summed E-state index contributed by atoms with van der Waals surface area (Å²) in [5.74, 6) is 0.713. The van der Waals surface area contributed by atoms with Crippen molar-refractivity contribution in [2.24, 2.45) is 0 Å². The van der Waals surface area contributed by atoms with Crippen LogP contribution in [-0.4, -0.2) is 15.7 Å². The van der Waals surface area contributed by atoms with Crippen LogP contribution in [0.2, 0.25) is 0 Å². The van der Waals surface area contributed by atoms with Gasteiger partial charge in [0.15, 0.2) is 5.76 Å². The number of aryl methyl sites for hydroxylation is 1. The molecule has 0 bridgehead atoms. The smallest absolute Gasteiger partial charge is 0.292 e. The molecular weight excluding hydrogens is 322 g/mol. The Kier molecular flexibility index (Phi) is 3.66. The van der Waals surface area contributed by atoms with Crippen molar-refractivity contribution < 1.29 is 9.21 Å². The molecule has 24 heavy (non-hydrogen) atoms. The Balaban J connectivity index is 1.60. The van der Waals surface area contributed by atoms with Crippen molar-refractivity contribution in [2.45, 2.75) is 13.5 Å². The highest BCUT2D eigenvalue weighted by Gasteiger charge is 2.18. The van der Waals surface area contributed by atoms with E-state index in [1.807, 2.05) is 48.7 Å². The minimum absolute atomic E-state index is 0.267. The zero-order valence-electron chi connectivity index (χ0n) is 13.0. The van der Waals surface area contributed by atoms with Crippen molar-refractivity contribution in [3.63, 3.8) is 0 Å². The number of furan rings is 1. The topological polar surface area (TPSA) is 60.1 Å². The Morgan fingerprint density at radius 1 is 1.25 bits per heavy atom. The summed E-state index contributed by atoms with van der Waals surface area (Å²) in [7, 11) is 0. The lowest BCUT2D eigenvalue weighted by atomic mass is 10.1. The molecule has 6 heteroatoms. The zero-order valence-corrected chi connectivity index (χ0v) is 13.8. The van der Waals surface area contributed by atoms with Crippen LogP contribution in [0.3, 0.4) is 0 Å². The van der Waals surface area contributed by atoms with Crippen molar-refractivity contribution in [2.75, 3.05) is 5.32 Å². The maximum atomic E-state index is 12.6. The molecule has 3 heterocycles. The molecule has 4 rings (SSSR count). The number of para-hydroxylation sites is 1. The van der Waals surface area contributed by atoms with Gasteiger partial charge >= 0.3 is 0 Å². The molecule has 0 fully saturated rings. The molecule has 5 nitrogen and oxygen atoms in total. The molecule has 0 aliphatic rings. The van der Waals surface area contributed by atoms with Gasteiger partial charge in [0.2, 0.25) is 0 Å². The third-order valence-electron chi connectivity index (χ3n) is 3.89. The third-order valence-corrected chi connectivity index (χ3v) is 4.75. The van der Waals surface area contributed by atoms with E-state index in [0.717, 1.165) is 10.9 Å². The Morgan fingerprint density at radius 2 is 2.12 bits per heavy atom. The average Bonchev–Trinajstić information content (AvgIpc) is 3.31. The Morgan fingerprint density at radius 3 is 2.92 bits per heavy atom. The number of nitrogens with zero attached hydrogens (tertiary/aromatic N) is 2. The highest BCUT2D eigenvalue weighted by atomic mass is 32.1. The number of hydrogen-bond donors (Lipinski definition) is 1. The fourth-order valence-electron chi connectivity index (χ4n) is 2.68. The molecule has 0 saturated carbocycles.